The first-order valence-corrected chi connectivity index (χ1v) is 13.7. The number of piperidine rings is 1. The number of hydrogen-bond donors (Lipinski definition) is 3. The molecule has 1 saturated heterocycles. The summed E-state index contributed by atoms with van der Waals surface area (Å²) < 4.78 is 6.31. The zero-order chi connectivity index (χ0) is 26.3. The summed E-state index contributed by atoms with van der Waals surface area (Å²) in [5.74, 6) is 2.60. The summed E-state index contributed by atoms with van der Waals surface area (Å²) in [4.78, 5) is 3.40. The van der Waals surface area contributed by atoms with Gasteiger partial charge in [-0.05, 0) is 78.9 Å². The summed E-state index contributed by atoms with van der Waals surface area (Å²) in [6.45, 7) is 9.85. The third-order valence-corrected chi connectivity index (χ3v) is 7.39. The van der Waals surface area contributed by atoms with Gasteiger partial charge >= 0.3 is 0 Å². The second-order valence-corrected chi connectivity index (χ2v) is 11.8. The van der Waals surface area contributed by atoms with Crippen molar-refractivity contribution in [1.82, 2.24) is 30.7 Å². The second kappa shape index (κ2) is 9.87. The number of nitrogens with zero attached hydrogens (tertiary/aromatic N) is 3. The summed E-state index contributed by atoms with van der Waals surface area (Å²) in [7, 11) is 0. The van der Waals surface area contributed by atoms with Gasteiger partial charge < -0.3 is 15.0 Å². The van der Waals surface area contributed by atoms with Gasteiger partial charge in [0.05, 0.1) is 11.2 Å². The lowest BCUT2D eigenvalue weighted by Gasteiger charge is -2.29. The normalized spacial score (nSPS) is 17.2. The van der Waals surface area contributed by atoms with Crippen molar-refractivity contribution in [1.29, 1.82) is 0 Å². The largest absolute Gasteiger partial charge is 0.489 e. The lowest BCUT2D eigenvalue weighted by atomic mass is 9.92. The van der Waals surface area contributed by atoms with E-state index in [1.165, 1.54) is 19.3 Å². The molecule has 7 nitrogen and oxygen atoms in total. The Morgan fingerprint density at radius 3 is 2.58 bits per heavy atom. The number of nitrogens with one attached hydrogen (secondary N) is 3. The molecule has 0 aliphatic carbocycles. The highest BCUT2D eigenvalue weighted by atomic mass is 16.5. The molecule has 6 rings (SSSR count). The zero-order valence-electron chi connectivity index (χ0n) is 22.6. The highest BCUT2D eigenvalue weighted by Crippen LogP contribution is 2.33. The van der Waals surface area contributed by atoms with Crippen LogP contribution in [0.15, 0.2) is 54.6 Å². The standard InChI is InChI=1S/C31H36N6O/c1-19(26-7-5-6-14-32-26)38-24-12-10-20-15-22(9-8-21(20)16-24)29-25-17-23(11-13-27(25)34-36-29)30-33-28(35-37-30)18-31(2,3)4/h8-13,15-17,19,26,32H,5-7,14,18H2,1-4H3,(H,34,36)(H,33,35,37). The average molecular weight is 509 g/mol. The second-order valence-electron chi connectivity index (χ2n) is 11.8. The summed E-state index contributed by atoms with van der Waals surface area (Å²) in [6, 6.07) is 19.5. The molecule has 2 aromatic heterocycles. The molecular weight excluding hydrogens is 472 g/mol. The van der Waals surface area contributed by atoms with E-state index in [-0.39, 0.29) is 11.5 Å². The van der Waals surface area contributed by atoms with E-state index in [0.717, 1.165) is 68.9 Å². The fourth-order valence-corrected chi connectivity index (χ4v) is 5.41. The summed E-state index contributed by atoms with van der Waals surface area (Å²) in [5.41, 5.74) is 4.13. The Morgan fingerprint density at radius 1 is 0.947 bits per heavy atom. The Bertz CT molecular complexity index is 1570. The number of rotatable bonds is 6. The van der Waals surface area contributed by atoms with Crippen LogP contribution in [0.5, 0.6) is 5.75 Å². The number of aromatic nitrogens is 5. The van der Waals surface area contributed by atoms with Crippen molar-refractivity contribution in [3.05, 3.63) is 60.4 Å². The Labute approximate surface area is 223 Å². The first-order chi connectivity index (χ1) is 18.3. The summed E-state index contributed by atoms with van der Waals surface area (Å²) >= 11 is 0. The van der Waals surface area contributed by atoms with E-state index in [2.05, 4.69) is 113 Å². The number of ether oxygens (including phenoxy) is 1. The van der Waals surface area contributed by atoms with Crippen LogP contribution in [0.2, 0.25) is 0 Å². The molecule has 38 heavy (non-hydrogen) atoms. The number of benzene rings is 3. The van der Waals surface area contributed by atoms with Crippen LogP contribution < -0.4 is 10.1 Å². The van der Waals surface area contributed by atoms with Crippen LogP contribution in [0, 0.1) is 5.41 Å². The molecule has 7 heteroatoms. The molecule has 0 bridgehead atoms. The lowest BCUT2D eigenvalue weighted by molar-refractivity contribution is 0.153. The highest BCUT2D eigenvalue weighted by Gasteiger charge is 2.21. The van der Waals surface area contributed by atoms with Gasteiger partial charge in [0.25, 0.3) is 0 Å². The van der Waals surface area contributed by atoms with E-state index in [1.54, 1.807) is 0 Å². The molecule has 5 aromatic rings. The van der Waals surface area contributed by atoms with Crippen molar-refractivity contribution in [2.45, 2.75) is 65.5 Å². The Hall–Kier alpha value is -3.71. The van der Waals surface area contributed by atoms with Crippen LogP contribution in [0.3, 0.4) is 0 Å². The molecule has 0 radical (unpaired) electrons. The zero-order valence-corrected chi connectivity index (χ0v) is 22.6. The maximum Gasteiger partial charge on any atom is 0.161 e. The van der Waals surface area contributed by atoms with Crippen molar-refractivity contribution in [3.63, 3.8) is 0 Å². The van der Waals surface area contributed by atoms with Crippen molar-refractivity contribution in [2.24, 2.45) is 5.41 Å². The maximum atomic E-state index is 6.31. The van der Waals surface area contributed by atoms with Crippen LogP contribution in [0.25, 0.3) is 44.3 Å². The van der Waals surface area contributed by atoms with E-state index in [1.807, 2.05) is 0 Å². The average Bonchev–Trinajstić information content (AvgIpc) is 3.54. The number of H-pyrrole nitrogens is 2. The SMILES string of the molecule is CC(Oc1ccc2cc(-c3n[nH]c4ccc(-c5nnc(CC(C)(C)C)[nH]5)cc34)ccc2c1)C1CCCCN1. The van der Waals surface area contributed by atoms with Gasteiger partial charge in [0, 0.05) is 29.0 Å². The van der Waals surface area contributed by atoms with Gasteiger partial charge in [-0.3, -0.25) is 5.10 Å². The molecule has 2 unspecified atom stereocenters. The maximum absolute atomic E-state index is 6.31. The number of aromatic amines is 2. The third-order valence-electron chi connectivity index (χ3n) is 7.39. The van der Waals surface area contributed by atoms with Gasteiger partial charge in [0.1, 0.15) is 17.7 Å². The van der Waals surface area contributed by atoms with Crippen LogP contribution in [-0.2, 0) is 6.42 Å². The minimum absolute atomic E-state index is 0.144. The number of hydrogen-bond acceptors (Lipinski definition) is 5. The quantitative estimate of drug-likeness (QED) is 0.238. The minimum Gasteiger partial charge on any atom is -0.489 e. The molecule has 3 N–H and O–H groups in total. The monoisotopic (exact) mass is 508 g/mol. The summed E-state index contributed by atoms with van der Waals surface area (Å²) in [5, 5.41) is 23.6. The lowest BCUT2D eigenvalue weighted by Crippen LogP contribution is -2.44. The topological polar surface area (TPSA) is 91.5 Å². The molecule has 0 saturated carbocycles. The van der Waals surface area contributed by atoms with Gasteiger partial charge in [0.2, 0.25) is 0 Å². The third kappa shape index (κ3) is 5.16. The van der Waals surface area contributed by atoms with Crippen molar-refractivity contribution in [3.8, 4) is 28.4 Å². The van der Waals surface area contributed by atoms with E-state index in [9.17, 15) is 0 Å². The Balaban J connectivity index is 1.26. The molecule has 1 fully saturated rings. The molecule has 3 heterocycles. The van der Waals surface area contributed by atoms with Gasteiger partial charge in [-0.2, -0.15) is 5.10 Å². The van der Waals surface area contributed by atoms with E-state index < -0.39 is 0 Å². The van der Waals surface area contributed by atoms with Crippen LogP contribution in [0.1, 0.15) is 52.8 Å². The minimum atomic E-state index is 0.144. The predicted octanol–water partition coefficient (Wildman–Crippen LogP) is 6.67. The first-order valence-electron chi connectivity index (χ1n) is 13.7. The predicted molar refractivity (Wildman–Crippen MR) is 153 cm³/mol. The Kier molecular flexibility index (Phi) is 6.40. The fraction of sp³-hybridized carbons (Fsp3) is 0.387. The molecule has 0 spiro atoms. The molecule has 1 aliphatic heterocycles. The summed E-state index contributed by atoms with van der Waals surface area (Å²) in [6.07, 6.45) is 4.69. The van der Waals surface area contributed by atoms with E-state index in [4.69, 9.17) is 4.74 Å². The van der Waals surface area contributed by atoms with Gasteiger partial charge in [-0.1, -0.05) is 45.4 Å². The molecule has 196 valence electrons. The smallest absolute Gasteiger partial charge is 0.161 e. The van der Waals surface area contributed by atoms with Crippen molar-refractivity contribution < 1.29 is 4.74 Å². The van der Waals surface area contributed by atoms with Crippen LogP contribution in [0.4, 0.5) is 0 Å². The molecular formula is C31H36N6O. The molecule has 3 aromatic carbocycles. The number of fused-ring (bicyclic) bond motifs is 2. The molecule has 2 atom stereocenters. The van der Waals surface area contributed by atoms with Crippen molar-refractivity contribution in [2.75, 3.05) is 6.54 Å². The fourth-order valence-electron chi connectivity index (χ4n) is 5.41. The van der Waals surface area contributed by atoms with Crippen LogP contribution in [-0.4, -0.2) is 44.1 Å². The van der Waals surface area contributed by atoms with Gasteiger partial charge in [-0.15, -0.1) is 10.2 Å². The van der Waals surface area contributed by atoms with Gasteiger partial charge in [-0.25, -0.2) is 0 Å². The Morgan fingerprint density at radius 2 is 1.76 bits per heavy atom. The highest BCUT2D eigenvalue weighted by molar-refractivity contribution is 5.97. The molecule has 1 aliphatic rings. The van der Waals surface area contributed by atoms with Gasteiger partial charge in [0.15, 0.2) is 5.82 Å². The van der Waals surface area contributed by atoms with Crippen molar-refractivity contribution >= 4 is 21.7 Å². The first kappa shape index (κ1) is 24.6. The van der Waals surface area contributed by atoms with E-state index in [0.29, 0.717) is 6.04 Å². The molecule has 0 amide bonds. The van der Waals surface area contributed by atoms with Crippen LogP contribution >= 0.6 is 0 Å². The van der Waals surface area contributed by atoms with E-state index >= 15 is 0 Å².